The van der Waals surface area contributed by atoms with E-state index in [1.807, 2.05) is 24.6 Å². The molecule has 0 saturated carbocycles. The Labute approximate surface area is 174 Å². The first kappa shape index (κ1) is 20.9. The zero-order valence-corrected chi connectivity index (χ0v) is 17.6. The third kappa shape index (κ3) is 5.16. The number of ether oxygens (including phenoxy) is 2. The Morgan fingerprint density at radius 3 is 2.41 bits per heavy atom. The Kier molecular flexibility index (Phi) is 6.90. The molecule has 8 heteroatoms. The van der Waals surface area contributed by atoms with Gasteiger partial charge in [-0.15, -0.1) is 11.3 Å². The minimum Gasteiger partial charge on any atom is -0.493 e. The van der Waals surface area contributed by atoms with Crippen molar-refractivity contribution < 1.29 is 19.1 Å². The van der Waals surface area contributed by atoms with Gasteiger partial charge >= 0.3 is 0 Å². The molecular weight excluding hydrogens is 390 g/mol. The fraction of sp³-hybridized carbons (Fsp3) is 0.333. The lowest BCUT2D eigenvalue weighted by Crippen LogP contribution is -2.49. The van der Waals surface area contributed by atoms with E-state index in [2.05, 4.69) is 10.2 Å². The van der Waals surface area contributed by atoms with Gasteiger partial charge in [-0.2, -0.15) is 0 Å². The molecule has 1 fully saturated rings. The molecule has 0 bridgehead atoms. The second-order valence-corrected chi connectivity index (χ2v) is 7.67. The van der Waals surface area contributed by atoms with Crippen molar-refractivity contribution in [3.63, 3.8) is 0 Å². The fourth-order valence-electron chi connectivity index (χ4n) is 3.02. The van der Waals surface area contributed by atoms with Crippen LogP contribution in [0.1, 0.15) is 15.2 Å². The number of hydrogen-bond donors (Lipinski definition) is 1. The van der Waals surface area contributed by atoms with Crippen LogP contribution in [0.2, 0.25) is 0 Å². The maximum Gasteiger partial charge on any atom is 0.270 e. The fourth-order valence-corrected chi connectivity index (χ4v) is 3.68. The van der Waals surface area contributed by atoms with Crippen LogP contribution >= 0.6 is 11.3 Å². The zero-order valence-electron chi connectivity index (χ0n) is 16.8. The molecule has 1 N–H and O–H groups in total. The van der Waals surface area contributed by atoms with Gasteiger partial charge in [0, 0.05) is 36.6 Å². The quantitative estimate of drug-likeness (QED) is 0.733. The van der Waals surface area contributed by atoms with E-state index < -0.39 is 0 Å². The van der Waals surface area contributed by atoms with E-state index in [-0.39, 0.29) is 17.5 Å². The molecule has 2 heterocycles. The molecule has 1 aromatic heterocycles. The van der Waals surface area contributed by atoms with Crippen molar-refractivity contribution >= 4 is 29.2 Å². The van der Waals surface area contributed by atoms with Crippen LogP contribution < -0.4 is 14.8 Å². The van der Waals surface area contributed by atoms with E-state index in [0.717, 1.165) is 18.0 Å². The van der Waals surface area contributed by atoms with Crippen molar-refractivity contribution in [1.29, 1.82) is 0 Å². The van der Waals surface area contributed by atoms with Gasteiger partial charge in [0.05, 0.1) is 14.2 Å². The number of likely N-dealkylation sites (N-methyl/N-ethyl adjacent to an activating group) is 1. The number of carbonyl (C=O) groups is 2. The van der Waals surface area contributed by atoms with Crippen LogP contribution in [0.15, 0.2) is 41.4 Å². The summed E-state index contributed by atoms with van der Waals surface area (Å²) in [4.78, 5) is 30.8. The third-order valence-electron chi connectivity index (χ3n) is 4.74. The maximum absolute atomic E-state index is 13.1. The van der Waals surface area contributed by atoms with E-state index in [0.29, 0.717) is 30.2 Å². The summed E-state index contributed by atoms with van der Waals surface area (Å²) < 4.78 is 10.5. The van der Waals surface area contributed by atoms with Crippen LogP contribution in [0.4, 0.5) is 0 Å². The number of carbonyl (C=O) groups excluding carboxylic acids is 2. The molecule has 0 spiro atoms. The van der Waals surface area contributed by atoms with Crippen molar-refractivity contribution in [2.45, 2.75) is 0 Å². The second-order valence-electron chi connectivity index (χ2n) is 6.69. The van der Waals surface area contributed by atoms with Crippen LogP contribution in [0.3, 0.4) is 0 Å². The highest BCUT2D eigenvalue weighted by Gasteiger charge is 2.24. The third-order valence-corrected chi connectivity index (χ3v) is 5.56. The molecule has 7 nitrogen and oxygen atoms in total. The number of thiophene rings is 1. The van der Waals surface area contributed by atoms with Gasteiger partial charge in [-0.1, -0.05) is 6.07 Å². The van der Waals surface area contributed by atoms with Crippen LogP contribution in [0, 0.1) is 0 Å². The van der Waals surface area contributed by atoms with E-state index in [1.165, 1.54) is 25.6 Å². The highest BCUT2D eigenvalue weighted by molar-refractivity contribution is 7.10. The molecule has 2 amide bonds. The molecule has 0 aliphatic carbocycles. The van der Waals surface area contributed by atoms with Crippen molar-refractivity contribution in [2.24, 2.45) is 0 Å². The molecule has 0 radical (unpaired) electrons. The van der Waals surface area contributed by atoms with E-state index in [9.17, 15) is 9.59 Å². The number of hydrogen-bond acceptors (Lipinski definition) is 6. The van der Waals surface area contributed by atoms with Gasteiger partial charge in [0.2, 0.25) is 0 Å². The summed E-state index contributed by atoms with van der Waals surface area (Å²) in [7, 11) is 5.08. The van der Waals surface area contributed by atoms with E-state index in [4.69, 9.17) is 9.47 Å². The van der Waals surface area contributed by atoms with Crippen LogP contribution in [0.5, 0.6) is 11.5 Å². The average Bonchev–Trinajstić information content (AvgIpc) is 3.25. The molecule has 0 unspecified atom stereocenters. The number of rotatable bonds is 6. The first-order chi connectivity index (χ1) is 14.0. The monoisotopic (exact) mass is 415 g/mol. The smallest absolute Gasteiger partial charge is 0.270 e. The number of piperazine rings is 1. The molecule has 2 aromatic rings. The summed E-state index contributed by atoms with van der Waals surface area (Å²) in [5, 5.41) is 4.73. The Balaban J connectivity index is 1.83. The molecule has 1 aliphatic heterocycles. The SMILES string of the molecule is COc1ccc(C(=O)N/C(=C\c2cccs2)C(=O)N2CCN(C)CC2)cc1OC. The highest BCUT2D eigenvalue weighted by Crippen LogP contribution is 2.27. The Bertz CT molecular complexity index is 887. The van der Waals surface area contributed by atoms with Crippen molar-refractivity contribution in [2.75, 3.05) is 47.4 Å². The number of nitrogens with one attached hydrogen (secondary N) is 1. The summed E-state index contributed by atoms with van der Waals surface area (Å²) in [5.74, 6) is 0.429. The number of methoxy groups -OCH3 is 2. The van der Waals surface area contributed by atoms with Gasteiger partial charge in [-0.25, -0.2) is 0 Å². The normalized spacial score (nSPS) is 15.1. The number of benzene rings is 1. The first-order valence-corrected chi connectivity index (χ1v) is 10.2. The lowest BCUT2D eigenvalue weighted by molar-refractivity contribution is -0.128. The first-order valence-electron chi connectivity index (χ1n) is 9.28. The van der Waals surface area contributed by atoms with Gasteiger partial charge in [0.25, 0.3) is 11.8 Å². The van der Waals surface area contributed by atoms with E-state index in [1.54, 1.807) is 29.2 Å². The summed E-state index contributed by atoms with van der Waals surface area (Å²) in [6.07, 6.45) is 1.73. The highest BCUT2D eigenvalue weighted by atomic mass is 32.1. The Hall–Kier alpha value is -2.84. The predicted octanol–water partition coefficient (Wildman–Crippen LogP) is 2.31. The molecule has 1 saturated heterocycles. The number of amides is 2. The minimum absolute atomic E-state index is 0.180. The Morgan fingerprint density at radius 1 is 1.07 bits per heavy atom. The molecule has 154 valence electrons. The standard InChI is InChI=1S/C21H25N3O4S/c1-23-8-10-24(11-9-23)21(26)17(14-16-5-4-12-29-16)22-20(25)15-6-7-18(27-2)19(13-15)28-3/h4-7,12-14H,8-11H2,1-3H3,(H,22,25)/b17-14-. The van der Waals surface area contributed by atoms with Crippen molar-refractivity contribution in [3.8, 4) is 11.5 Å². The van der Waals surface area contributed by atoms with Gasteiger partial charge in [-0.05, 0) is 42.8 Å². The van der Waals surface area contributed by atoms with Gasteiger partial charge in [0.1, 0.15) is 5.70 Å². The van der Waals surface area contributed by atoms with Crippen molar-refractivity contribution in [3.05, 3.63) is 51.8 Å². The lowest BCUT2D eigenvalue weighted by Gasteiger charge is -2.33. The summed E-state index contributed by atoms with van der Waals surface area (Å²) in [6.45, 7) is 2.87. The van der Waals surface area contributed by atoms with Crippen LogP contribution in [-0.2, 0) is 4.79 Å². The lowest BCUT2D eigenvalue weighted by atomic mass is 10.1. The topological polar surface area (TPSA) is 71.1 Å². The molecule has 3 rings (SSSR count). The average molecular weight is 416 g/mol. The predicted molar refractivity (Wildman–Crippen MR) is 113 cm³/mol. The zero-order chi connectivity index (χ0) is 20.8. The second kappa shape index (κ2) is 9.58. The number of nitrogens with zero attached hydrogens (tertiary/aromatic N) is 2. The molecule has 0 atom stereocenters. The van der Waals surface area contributed by atoms with Gasteiger partial charge < -0.3 is 24.6 Å². The van der Waals surface area contributed by atoms with Gasteiger partial charge in [0.15, 0.2) is 11.5 Å². The summed E-state index contributed by atoms with van der Waals surface area (Å²) in [5.41, 5.74) is 0.641. The van der Waals surface area contributed by atoms with Crippen LogP contribution in [-0.4, -0.2) is 69.1 Å². The largest absolute Gasteiger partial charge is 0.493 e. The molecular formula is C21H25N3O4S. The van der Waals surface area contributed by atoms with E-state index >= 15 is 0 Å². The summed E-state index contributed by atoms with van der Waals surface area (Å²) >= 11 is 1.51. The molecule has 1 aromatic carbocycles. The van der Waals surface area contributed by atoms with Gasteiger partial charge in [-0.3, -0.25) is 9.59 Å². The molecule has 1 aliphatic rings. The maximum atomic E-state index is 13.1. The molecule has 29 heavy (non-hydrogen) atoms. The summed E-state index contributed by atoms with van der Waals surface area (Å²) in [6, 6.07) is 8.71. The Morgan fingerprint density at radius 2 is 1.79 bits per heavy atom. The minimum atomic E-state index is -0.378. The van der Waals surface area contributed by atoms with Crippen molar-refractivity contribution in [1.82, 2.24) is 15.1 Å². The van der Waals surface area contributed by atoms with Crippen LogP contribution in [0.25, 0.3) is 6.08 Å².